The molecule has 1 saturated heterocycles. The minimum absolute atomic E-state index is 0.195. The van der Waals surface area contributed by atoms with Gasteiger partial charge in [-0.3, -0.25) is 0 Å². The smallest absolute Gasteiger partial charge is 0.335 e. The second-order valence-corrected chi connectivity index (χ2v) is 4.96. The van der Waals surface area contributed by atoms with Gasteiger partial charge in [0.1, 0.15) is 6.10 Å². The third-order valence-electron chi connectivity index (χ3n) is 3.38. The Balaban J connectivity index is 1.79. The van der Waals surface area contributed by atoms with Gasteiger partial charge in [-0.1, -0.05) is 5.16 Å². The van der Waals surface area contributed by atoms with Crippen LogP contribution in [0.2, 0.25) is 0 Å². The van der Waals surface area contributed by atoms with Crippen molar-refractivity contribution in [3.63, 3.8) is 0 Å². The molecular weight excluding hydrogens is 274 g/mol. The van der Waals surface area contributed by atoms with Crippen LogP contribution in [0, 0.1) is 0 Å². The average molecular weight is 289 g/mol. The first-order chi connectivity index (χ1) is 10.1. The van der Waals surface area contributed by atoms with Gasteiger partial charge in [0.15, 0.2) is 0 Å². The highest BCUT2D eigenvalue weighted by atomic mass is 16.5. The van der Waals surface area contributed by atoms with Crippen LogP contribution in [-0.2, 0) is 4.74 Å². The van der Waals surface area contributed by atoms with Crippen LogP contribution >= 0.6 is 0 Å². The first kappa shape index (κ1) is 13.7. The molecule has 2 aromatic rings. The Morgan fingerprint density at radius 1 is 1.38 bits per heavy atom. The van der Waals surface area contributed by atoms with E-state index in [0.717, 1.165) is 13.1 Å². The molecule has 3 rings (SSSR count). The molecule has 1 fully saturated rings. The molecule has 0 radical (unpaired) electrons. The second kappa shape index (κ2) is 5.63. The van der Waals surface area contributed by atoms with Crippen molar-refractivity contribution < 1.29 is 19.2 Å². The monoisotopic (exact) mass is 289 g/mol. The minimum atomic E-state index is -0.966. The Morgan fingerprint density at radius 3 is 2.81 bits per heavy atom. The van der Waals surface area contributed by atoms with Crippen molar-refractivity contribution in [3.05, 3.63) is 35.7 Å². The predicted octanol–water partition coefficient (Wildman–Crippen LogP) is 1.44. The van der Waals surface area contributed by atoms with E-state index in [4.69, 9.17) is 14.4 Å². The SMILES string of the molecule is CN1CCOC(c2noc(-c3ccc(C(=O)O)cc3)n2)C1. The fourth-order valence-electron chi connectivity index (χ4n) is 2.17. The molecular formula is C14H15N3O4. The highest BCUT2D eigenvalue weighted by Crippen LogP contribution is 2.23. The molecule has 1 aliphatic heterocycles. The number of carbonyl (C=O) groups is 1. The Labute approximate surface area is 121 Å². The van der Waals surface area contributed by atoms with Crippen LogP contribution in [0.25, 0.3) is 11.5 Å². The number of nitrogens with zero attached hydrogens (tertiary/aromatic N) is 3. The highest BCUT2D eigenvalue weighted by Gasteiger charge is 2.24. The van der Waals surface area contributed by atoms with Crippen molar-refractivity contribution >= 4 is 5.97 Å². The topological polar surface area (TPSA) is 88.7 Å². The van der Waals surface area contributed by atoms with Crippen LogP contribution in [0.1, 0.15) is 22.3 Å². The van der Waals surface area contributed by atoms with Crippen molar-refractivity contribution in [2.24, 2.45) is 0 Å². The summed E-state index contributed by atoms with van der Waals surface area (Å²) in [4.78, 5) is 17.3. The molecule has 0 spiro atoms. The van der Waals surface area contributed by atoms with Crippen molar-refractivity contribution in [1.82, 2.24) is 15.0 Å². The molecule has 1 aromatic heterocycles. The maximum atomic E-state index is 10.8. The number of carboxylic acids is 1. The highest BCUT2D eigenvalue weighted by molar-refractivity contribution is 5.88. The van der Waals surface area contributed by atoms with Gasteiger partial charge in [0.25, 0.3) is 5.89 Å². The Kier molecular flexibility index (Phi) is 3.68. The molecule has 21 heavy (non-hydrogen) atoms. The van der Waals surface area contributed by atoms with Crippen LogP contribution < -0.4 is 0 Å². The van der Waals surface area contributed by atoms with Crippen LogP contribution in [0.4, 0.5) is 0 Å². The Hall–Kier alpha value is -2.25. The molecule has 0 amide bonds. The molecule has 0 aliphatic carbocycles. The van der Waals surface area contributed by atoms with Gasteiger partial charge < -0.3 is 19.3 Å². The zero-order chi connectivity index (χ0) is 14.8. The van der Waals surface area contributed by atoms with Crippen LogP contribution in [0.15, 0.2) is 28.8 Å². The summed E-state index contributed by atoms with van der Waals surface area (Å²) in [5.74, 6) is -0.0935. The normalized spacial score (nSPS) is 19.6. The van der Waals surface area contributed by atoms with Gasteiger partial charge in [-0.15, -0.1) is 0 Å². The van der Waals surface area contributed by atoms with Gasteiger partial charge in [0.2, 0.25) is 5.82 Å². The zero-order valence-corrected chi connectivity index (χ0v) is 11.5. The quantitative estimate of drug-likeness (QED) is 0.914. The number of hydrogen-bond donors (Lipinski definition) is 1. The molecule has 1 aliphatic rings. The Bertz CT molecular complexity index is 638. The number of benzene rings is 1. The lowest BCUT2D eigenvalue weighted by Gasteiger charge is -2.27. The van der Waals surface area contributed by atoms with Crippen molar-refractivity contribution in [2.45, 2.75) is 6.10 Å². The molecule has 110 valence electrons. The minimum Gasteiger partial charge on any atom is -0.478 e. The summed E-state index contributed by atoms with van der Waals surface area (Å²) in [7, 11) is 2.02. The third kappa shape index (κ3) is 2.93. The predicted molar refractivity (Wildman–Crippen MR) is 72.9 cm³/mol. The molecule has 1 N–H and O–H groups in total. The molecule has 7 nitrogen and oxygen atoms in total. The van der Waals surface area contributed by atoms with E-state index in [1.807, 2.05) is 7.05 Å². The van der Waals surface area contributed by atoms with Gasteiger partial charge >= 0.3 is 5.97 Å². The molecule has 1 atom stereocenters. The van der Waals surface area contributed by atoms with Crippen molar-refractivity contribution in [2.75, 3.05) is 26.7 Å². The first-order valence-corrected chi connectivity index (χ1v) is 6.61. The molecule has 1 unspecified atom stereocenters. The number of rotatable bonds is 3. The number of carboxylic acid groups (broad SMARTS) is 1. The van der Waals surface area contributed by atoms with E-state index in [1.54, 1.807) is 12.1 Å². The van der Waals surface area contributed by atoms with E-state index < -0.39 is 5.97 Å². The van der Waals surface area contributed by atoms with Crippen LogP contribution in [0.5, 0.6) is 0 Å². The summed E-state index contributed by atoms with van der Waals surface area (Å²) in [5.41, 5.74) is 0.902. The summed E-state index contributed by atoms with van der Waals surface area (Å²) in [5, 5.41) is 12.8. The standard InChI is InChI=1S/C14H15N3O4/c1-17-6-7-20-11(8-17)12-15-13(21-16-12)9-2-4-10(5-3-9)14(18)19/h2-5,11H,6-8H2,1H3,(H,18,19). The number of ether oxygens (including phenoxy) is 1. The van der Waals surface area contributed by atoms with E-state index in [-0.39, 0.29) is 11.7 Å². The average Bonchev–Trinajstić information content (AvgIpc) is 2.97. The lowest BCUT2D eigenvalue weighted by molar-refractivity contribution is -0.0264. The molecule has 0 bridgehead atoms. The van der Waals surface area contributed by atoms with Gasteiger partial charge in [-0.25, -0.2) is 4.79 Å². The third-order valence-corrected chi connectivity index (χ3v) is 3.38. The summed E-state index contributed by atoms with van der Waals surface area (Å²) in [6.07, 6.45) is -0.195. The first-order valence-electron chi connectivity index (χ1n) is 6.61. The van der Waals surface area contributed by atoms with E-state index in [9.17, 15) is 4.79 Å². The maximum Gasteiger partial charge on any atom is 0.335 e. The summed E-state index contributed by atoms with van der Waals surface area (Å²) in [6.45, 7) is 2.24. The van der Waals surface area contributed by atoms with E-state index in [1.165, 1.54) is 12.1 Å². The van der Waals surface area contributed by atoms with E-state index in [0.29, 0.717) is 23.9 Å². The number of hydrogen-bond acceptors (Lipinski definition) is 6. The second-order valence-electron chi connectivity index (χ2n) is 4.96. The lowest BCUT2D eigenvalue weighted by Crippen LogP contribution is -2.35. The van der Waals surface area contributed by atoms with Crippen molar-refractivity contribution in [3.8, 4) is 11.5 Å². The largest absolute Gasteiger partial charge is 0.478 e. The van der Waals surface area contributed by atoms with Crippen LogP contribution in [0.3, 0.4) is 0 Å². The summed E-state index contributed by atoms with van der Waals surface area (Å²) >= 11 is 0. The van der Waals surface area contributed by atoms with E-state index >= 15 is 0 Å². The number of likely N-dealkylation sites (N-methyl/N-ethyl adjacent to an activating group) is 1. The van der Waals surface area contributed by atoms with Gasteiger partial charge in [0, 0.05) is 18.7 Å². The number of aromatic nitrogens is 2. The molecule has 2 heterocycles. The van der Waals surface area contributed by atoms with Gasteiger partial charge in [0.05, 0.1) is 12.2 Å². The van der Waals surface area contributed by atoms with Gasteiger partial charge in [-0.05, 0) is 31.3 Å². The Morgan fingerprint density at radius 2 is 2.14 bits per heavy atom. The maximum absolute atomic E-state index is 10.8. The fourth-order valence-corrected chi connectivity index (χ4v) is 2.17. The number of morpholine rings is 1. The van der Waals surface area contributed by atoms with Crippen molar-refractivity contribution in [1.29, 1.82) is 0 Å². The van der Waals surface area contributed by atoms with Gasteiger partial charge in [-0.2, -0.15) is 4.98 Å². The molecule has 1 aromatic carbocycles. The zero-order valence-electron chi connectivity index (χ0n) is 11.5. The summed E-state index contributed by atoms with van der Waals surface area (Å²) < 4.78 is 10.9. The summed E-state index contributed by atoms with van der Waals surface area (Å²) in [6, 6.07) is 6.31. The van der Waals surface area contributed by atoms with Crippen LogP contribution in [-0.4, -0.2) is 52.9 Å². The molecule has 7 heteroatoms. The lowest BCUT2D eigenvalue weighted by atomic mass is 10.1. The fraction of sp³-hybridized carbons (Fsp3) is 0.357. The van der Waals surface area contributed by atoms with E-state index in [2.05, 4.69) is 15.0 Å². The molecule has 0 saturated carbocycles. The number of aromatic carboxylic acids is 1.